The molecule has 0 unspecified atom stereocenters. The first-order valence-corrected chi connectivity index (χ1v) is 4.06. The number of hydrogen-bond donors (Lipinski definition) is 0. The molecular formula is C9H13ClO2. The van der Waals surface area contributed by atoms with E-state index in [1.165, 1.54) is 6.26 Å². The SMILES string of the molecule is C=C(C)CCC(=O)OC=C(C)Cl. The summed E-state index contributed by atoms with van der Waals surface area (Å²) in [7, 11) is 0. The number of halogens is 1. The highest BCUT2D eigenvalue weighted by Crippen LogP contribution is 2.04. The third-order valence-electron chi connectivity index (χ3n) is 1.11. The Balaban J connectivity index is 3.61. The van der Waals surface area contributed by atoms with Crippen LogP contribution >= 0.6 is 11.6 Å². The molecule has 3 heteroatoms. The van der Waals surface area contributed by atoms with Crippen molar-refractivity contribution < 1.29 is 9.53 Å². The fourth-order valence-corrected chi connectivity index (χ4v) is 0.566. The maximum Gasteiger partial charge on any atom is 0.310 e. The summed E-state index contributed by atoms with van der Waals surface area (Å²) < 4.78 is 4.68. The Bertz CT molecular complexity index is 203. The van der Waals surface area contributed by atoms with E-state index in [0.717, 1.165) is 5.57 Å². The molecule has 0 atom stereocenters. The minimum absolute atomic E-state index is 0.280. The van der Waals surface area contributed by atoms with Gasteiger partial charge in [0.2, 0.25) is 0 Å². The summed E-state index contributed by atoms with van der Waals surface area (Å²) in [6, 6.07) is 0. The van der Waals surface area contributed by atoms with Gasteiger partial charge in [-0.15, -0.1) is 6.58 Å². The molecule has 0 aliphatic rings. The highest BCUT2D eigenvalue weighted by molar-refractivity contribution is 6.29. The summed E-state index contributed by atoms with van der Waals surface area (Å²) in [5.74, 6) is -0.280. The molecule has 0 fully saturated rings. The summed E-state index contributed by atoms with van der Waals surface area (Å²) in [5, 5.41) is 0.457. The molecule has 0 aromatic carbocycles. The van der Waals surface area contributed by atoms with Crippen molar-refractivity contribution in [3.05, 3.63) is 23.4 Å². The molecule has 0 N–H and O–H groups in total. The minimum atomic E-state index is -0.280. The Hall–Kier alpha value is -0.760. The van der Waals surface area contributed by atoms with Gasteiger partial charge in [-0.1, -0.05) is 17.2 Å². The largest absolute Gasteiger partial charge is 0.433 e. The van der Waals surface area contributed by atoms with Crippen LogP contribution in [0.2, 0.25) is 0 Å². The van der Waals surface area contributed by atoms with Gasteiger partial charge in [0.25, 0.3) is 0 Å². The molecule has 0 saturated carbocycles. The molecule has 0 bridgehead atoms. The van der Waals surface area contributed by atoms with Gasteiger partial charge >= 0.3 is 5.97 Å². The van der Waals surface area contributed by atoms with Crippen LogP contribution in [0.4, 0.5) is 0 Å². The molecule has 2 nitrogen and oxygen atoms in total. The van der Waals surface area contributed by atoms with Crippen molar-refractivity contribution >= 4 is 17.6 Å². The normalized spacial score (nSPS) is 11.1. The van der Waals surface area contributed by atoms with Crippen molar-refractivity contribution in [1.29, 1.82) is 0 Å². The highest BCUT2D eigenvalue weighted by atomic mass is 35.5. The first-order chi connectivity index (χ1) is 5.52. The molecule has 0 heterocycles. The van der Waals surface area contributed by atoms with Gasteiger partial charge in [0, 0.05) is 6.42 Å². The third kappa shape index (κ3) is 7.35. The van der Waals surface area contributed by atoms with Crippen molar-refractivity contribution in [3.63, 3.8) is 0 Å². The molecule has 68 valence electrons. The van der Waals surface area contributed by atoms with Gasteiger partial charge in [0.1, 0.15) is 6.26 Å². The van der Waals surface area contributed by atoms with Crippen molar-refractivity contribution in [1.82, 2.24) is 0 Å². The lowest BCUT2D eigenvalue weighted by atomic mass is 10.2. The maximum atomic E-state index is 10.9. The van der Waals surface area contributed by atoms with E-state index in [0.29, 0.717) is 17.9 Å². The Morgan fingerprint density at radius 1 is 1.50 bits per heavy atom. The van der Waals surface area contributed by atoms with E-state index in [1.807, 2.05) is 6.92 Å². The lowest BCUT2D eigenvalue weighted by Gasteiger charge is -1.98. The van der Waals surface area contributed by atoms with E-state index < -0.39 is 0 Å². The predicted molar refractivity (Wildman–Crippen MR) is 49.8 cm³/mol. The second-order valence-corrected chi connectivity index (χ2v) is 3.25. The minimum Gasteiger partial charge on any atom is -0.433 e. The fraction of sp³-hybridized carbons (Fsp3) is 0.444. The van der Waals surface area contributed by atoms with Crippen molar-refractivity contribution in [2.24, 2.45) is 0 Å². The number of allylic oxidation sites excluding steroid dienone is 2. The van der Waals surface area contributed by atoms with E-state index in [-0.39, 0.29) is 5.97 Å². The van der Waals surface area contributed by atoms with Crippen LogP contribution in [0, 0.1) is 0 Å². The first-order valence-electron chi connectivity index (χ1n) is 3.68. The molecule has 0 aromatic heterocycles. The Morgan fingerprint density at radius 2 is 2.08 bits per heavy atom. The molecule has 0 radical (unpaired) electrons. The van der Waals surface area contributed by atoms with Crippen LogP contribution < -0.4 is 0 Å². The van der Waals surface area contributed by atoms with E-state index in [2.05, 4.69) is 11.3 Å². The Labute approximate surface area is 77.9 Å². The number of esters is 1. The van der Waals surface area contributed by atoms with Crippen molar-refractivity contribution in [3.8, 4) is 0 Å². The number of carbonyl (C=O) groups excluding carboxylic acids is 1. The van der Waals surface area contributed by atoms with Gasteiger partial charge in [0.15, 0.2) is 0 Å². The summed E-state index contributed by atoms with van der Waals surface area (Å²) in [6.45, 7) is 7.19. The second-order valence-electron chi connectivity index (χ2n) is 2.65. The molecule has 0 aromatic rings. The van der Waals surface area contributed by atoms with E-state index >= 15 is 0 Å². The average Bonchev–Trinajstić information content (AvgIpc) is 1.96. The molecule has 0 aliphatic heterocycles. The summed E-state index contributed by atoms with van der Waals surface area (Å²) in [4.78, 5) is 10.9. The number of ether oxygens (including phenoxy) is 1. The van der Waals surface area contributed by atoms with E-state index in [9.17, 15) is 4.79 Å². The fourth-order valence-electron chi connectivity index (χ4n) is 0.521. The van der Waals surface area contributed by atoms with Crippen LogP contribution in [0.15, 0.2) is 23.4 Å². The first kappa shape index (κ1) is 11.2. The zero-order valence-electron chi connectivity index (χ0n) is 7.39. The van der Waals surface area contributed by atoms with Crippen molar-refractivity contribution in [2.75, 3.05) is 0 Å². The Morgan fingerprint density at radius 3 is 2.50 bits per heavy atom. The van der Waals surface area contributed by atoms with E-state index in [4.69, 9.17) is 11.6 Å². The van der Waals surface area contributed by atoms with Crippen LogP contribution in [-0.4, -0.2) is 5.97 Å². The second kappa shape index (κ2) is 5.84. The summed E-state index contributed by atoms with van der Waals surface area (Å²) in [6.07, 6.45) is 2.26. The Kier molecular flexibility index (Phi) is 5.47. The number of carbonyl (C=O) groups is 1. The molecule has 0 spiro atoms. The predicted octanol–water partition coefficient (Wildman–Crippen LogP) is 2.99. The maximum absolute atomic E-state index is 10.9. The molecule has 0 rings (SSSR count). The van der Waals surface area contributed by atoms with E-state index in [1.54, 1.807) is 6.92 Å². The number of hydrogen-bond acceptors (Lipinski definition) is 2. The standard InChI is InChI=1S/C9H13ClO2/c1-7(2)4-5-9(11)12-6-8(3)10/h6H,1,4-5H2,2-3H3. The molecule has 0 saturated heterocycles. The third-order valence-corrected chi connectivity index (χ3v) is 1.20. The summed E-state index contributed by atoms with van der Waals surface area (Å²) in [5.41, 5.74) is 0.971. The van der Waals surface area contributed by atoms with Gasteiger partial charge < -0.3 is 4.74 Å². The zero-order valence-corrected chi connectivity index (χ0v) is 8.15. The van der Waals surface area contributed by atoms with Gasteiger partial charge in [-0.2, -0.15) is 0 Å². The van der Waals surface area contributed by atoms with Gasteiger partial charge in [-0.3, -0.25) is 4.79 Å². The van der Waals surface area contributed by atoms with Gasteiger partial charge in [-0.05, 0) is 20.3 Å². The summed E-state index contributed by atoms with van der Waals surface area (Å²) >= 11 is 5.45. The molecule has 12 heavy (non-hydrogen) atoms. The number of rotatable bonds is 4. The smallest absolute Gasteiger partial charge is 0.310 e. The van der Waals surface area contributed by atoms with Crippen LogP contribution in [0.5, 0.6) is 0 Å². The van der Waals surface area contributed by atoms with Gasteiger partial charge in [-0.25, -0.2) is 0 Å². The van der Waals surface area contributed by atoms with Crippen LogP contribution in [0.1, 0.15) is 26.7 Å². The van der Waals surface area contributed by atoms with Crippen molar-refractivity contribution in [2.45, 2.75) is 26.7 Å². The lowest BCUT2D eigenvalue weighted by Crippen LogP contribution is -1.99. The molecular weight excluding hydrogens is 176 g/mol. The average molecular weight is 189 g/mol. The zero-order chi connectivity index (χ0) is 9.56. The monoisotopic (exact) mass is 188 g/mol. The molecule has 0 aliphatic carbocycles. The van der Waals surface area contributed by atoms with Crippen LogP contribution in [-0.2, 0) is 9.53 Å². The highest BCUT2D eigenvalue weighted by Gasteiger charge is 2.00. The van der Waals surface area contributed by atoms with Crippen LogP contribution in [0.25, 0.3) is 0 Å². The topological polar surface area (TPSA) is 26.3 Å². The quantitative estimate of drug-likeness (QED) is 0.385. The molecule has 0 amide bonds. The lowest BCUT2D eigenvalue weighted by molar-refractivity contribution is -0.138. The van der Waals surface area contributed by atoms with Gasteiger partial charge in [0.05, 0.1) is 5.03 Å². The van der Waals surface area contributed by atoms with Crippen LogP contribution in [0.3, 0.4) is 0 Å².